The fourth-order valence-electron chi connectivity index (χ4n) is 2.20. The Morgan fingerprint density at radius 2 is 1.52 bits per heavy atom. The Morgan fingerprint density at radius 1 is 0.810 bits per heavy atom. The molecule has 3 heteroatoms. The number of benzene rings is 3. The van der Waals surface area contributed by atoms with Crippen LogP contribution in [0.15, 0.2) is 76.2 Å². The minimum absolute atomic E-state index is 0.638. The van der Waals surface area contributed by atoms with Crippen LogP contribution in [-0.4, -0.2) is 0 Å². The summed E-state index contributed by atoms with van der Waals surface area (Å²) < 4.78 is 8.05. The first-order valence-corrected chi connectivity index (χ1v) is 8.04. The number of halogens is 2. The van der Waals surface area contributed by atoms with Gasteiger partial charge in [-0.25, -0.2) is 0 Å². The molecule has 3 aromatic rings. The van der Waals surface area contributed by atoms with Crippen molar-refractivity contribution in [2.45, 2.75) is 0 Å². The molecule has 0 heterocycles. The topological polar surface area (TPSA) is 9.23 Å². The number of ether oxygens (including phenoxy) is 1. The quantitative estimate of drug-likeness (QED) is 0.458. The second-order valence-electron chi connectivity index (χ2n) is 4.60. The molecule has 0 N–H and O–H groups in total. The molecule has 1 nitrogen and oxygen atoms in total. The standard InChI is InChI=1S/C18H12Br2O/c1-12(13-6-3-2-4-7-13)21-17-11-10-16(20)18-14(17)8-5-9-15(18)19/h2-11H,1H2. The summed E-state index contributed by atoms with van der Waals surface area (Å²) >= 11 is 7.17. The van der Waals surface area contributed by atoms with Gasteiger partial charge in [-0.3, -0.25) is 0 Å². The highest BCUT2D eigenvalue weighted by atomic mass is 79.9. The lowest BCUT2D eigenvalue weighted by atomic mass is 10.1. The Bertz CT molecular complexity index is 802. The van der Waals surface area contributed by atoms with E-state index in [9.17, 15) is 0 Å². The summed E-state index contributed by atoms with van der Waals surface area (Å²) in [6, 6.07) is 19.9. The summed E-state index contributed by atoms with van der Waals surface area (Å²) in [5.74, 6) is 1.43. The van der Waals surface area contributed by atoms with E-state index in [2.05, 4.69) is 38.4 Å². The third kappa shape index (κ3) is 2.89. The van der Waals surface area contributed by atoms with Crippen LogP contribution in [0.3, 0.4) is 0 Å². The third-order valence-corrected chi connectivity index (χ3v) is 4.55. The molecule has 104 valence electrons. The zero-order chi connectivity index (χ0) is 14.8. The van der Waals surface area contributed by atoms with E-state index in [1.165, 1.54) is 0 Å². The molecule has 0 bridgehead atoms. The second kappa shape index (κ2) is 6.04. The van der Waals surface area contributed by atoms with E-state index < -0.39 is 0 Å². The number of fused-ring (bicyclic) bond motifs is 1. The van der Waals surface area contributed by atoms with E-state index in [-0.39, 0.29) is 0 Å². The molecule has 0 aliphatic heterocycles. The lowest BCUT2D eigenvalue weighted by Crippen LogP contribution is -1.94. The summed E-state index contributed by atoms with van der Waals surface area (Å²) in [6.07, 6.45) is 0. The molecular formula is C18H12Br2O. The van der Waals surface area contributed by atoms with Crippen LogP contribution in [0.1, 0.15) is 5.56 Å². The Kier molecular flexibility index (Phi) is 4.13. The van der Waals surface area contributed by atoms with E-state index in [0.717, 1.165) is 31.0 Å². The molecule has 0 amide bonds. The maximum Gasteiger partial charge on any atom is 0.135 e. The van der Waals surface area contributed by atoms with Crippen LogP contribution in [-0.2, 0) is 0 Å². The van der Waals surface area contributed by atoms with Gasteiger partial charge in [-0.2, -0.15) is 0 Å². The first kappa shape index (κ1) is 14.4. The molecule has 0 aromatic heterocycles. The molecule has 0 unspecified atom stereocenters. The molecule has 0 aliphatic carbocycles. The molecule has 0 saturated carbocycles. The zero-order valence-corrected chi connectivity index (χ0v) is 14.3. The van der Waals surface area contributed by atoms with Crippen LogP contribution in [0, 0.1) is 0 Å². The van der Waals surface area contributed by atoms with Crippen molar-refractivity contribution in [3.8, 4) is 5.75 Å². The van der Waals surface area contributed by atoms with Crippen LogP contribution in [0.4, 0.5) is 0 Å². The van der Waals surface area contributed by atoms with Crippen LogP contribution in [0.25, 0.3) is 16.5 Å². The van der Waals surface area contributed by atoms with Gasteiger partial charge in [-0.1, -0.05) is 80.9 Å². The van der Waals surface area contributed by atoms with Gasteiger partial charge in [-0.15, -0.1) is 0 Å². The van der Waals surface area contributed by atoms with Gasteiger partial charge in [0, 0.05) is 25.3 Å². The average molecular weight is 404 g/mol. The average Bonchev–Trinajstić information content (AvgIpc) is 2.51. The van der Waals surface area contributed by atoms with E-state index >= 15 is 0 Å². The van der Waals surface area contributed by atoms with Gasteiger partial charge in [0.05, 0.1) is 0 Å². The maximum absolute atomic E-state index is 5.99. The van der Waals surface area contributed by atoms with Gasteiger partial charge in [0.1, 0.15) is 11.5 Å². The van der Waals surface area contributed by atoms with Crippen molar-refractivity contribution in [2.24, 2.45) is 0 Å². The fourth-order valence-corrected chi connectivity index (χ4v) is 3.60. The first-order chi connectivity index (χ1) is 10.2. The van der Waals surface area contributed by atoms with Crippen molar-refractivity contribution in [1.29, 1.82) is 0 Å². The Hall–Kier alpha value is -1.58. The molecule has 0 fully saturated rings. The van der Waals surface area contributed by atoms with Crippen molar-refractivity contribution in [3.05, 3.63) is 81.8 Å². The van der Waals surface area contributed by atoms with E-state index in [1.807, 2.05) is 60.7 Å². The third-order valence-electron chi connectivity index (χ3n) is 3.23. The van der Waals surface area contributed by atoms with Crippen LogP contribution in [0.2, 0.25) is 0 Å². The van der Waals surface area contributed by atoms with Gasteiger partial charge in [-0.05, 0) is 18.2 Å². The Balaban J connectivity index is 2.04. The lowest BCUT2D eigenvalue weighted by molar-refractivity contribution is 0.523. The smallest absolute Gasteiger partial charge is 0.135 e. The Morgan fingerprint density at radius 3 is 2.29 bits per heavy atom. The van der Waals surface area contributed by atoms with Crippen molar-refractivity contribution in [1.82, 2.24) is 0 Å². The van der Waals surface area contributed by atoms with Crippen molar-refractivity contribution >= 4 is 48.4 Å². The summed E-state index contributed by atoms with van der Waals surface area (Å²) in [4.78, 5) is 0. The highest BCUT2D eigenvalue weighted by molar-refractivity contribution is 9.11. The van der Waals surface area contributed by atoms with Crippen LogP contribution < -0.4 is 4.74 Å². The number of rotatable bonds is 3. The molecular weight excluding hydrogens is 392 g/mol. The second-order valence-corrected chi connectivity index (χ2v) is 6.31. The van der Waals surface area contributed by atoms with Gasteiger partial charge in [0.15, 0.2) is 0 Å². The number of hydrogen-bond acceptors (Lipinski definition) is 1. The normalized spacial score (nSPS) is 10.6. The zero-order valence-electron chi connectivity index (χ0n) is 11.1. The summed E-state index contributed by atoms with van der Waals surface area (Å²) in [7, 11) is 0. The maximum atomic E-state index is 5.99. The Labute approximate surface area is 140 Å². The molecule has 21 heavy (non-hydrogen) atoms. The molecule has 0 radical (unpaired) electrons. The minimum Gasteiger partial charge on any atom is -0.457 e. The van der Waals surface area contributed by atoms with Gasteiger partial charge in [0.2, 0.25) is 0 Å². The largest absolute Gasteiger partial charge is 0.457 e. The number of hydrogen-bond donors (Lipinski definition) is 0. The van der Waals surface area contributed by atoms with E-state index in [1.54, 1.807) is 0 Å². The monoisotopic (exact) mass is 402 g/mol. The van der Waals surface area contributed by atoms with E-state index in [4.69, 9.17) is 4.74 Å². The molecule has 3 aromatic carbocycles. The highest BCUT2D eigenvalue weighted by Crippen LogP contribution is 2.37. The van der Waals surface area contributed by atoms with Crippen LogP contribution in [0.5, 0.6) is 5.75 Å². The lowest BCUT2D eigenvalue weighted by Gasteiger charge is -2.13. The summed E-state index contributed by atoms with van der Waals surface area (Å²) in [6.45, 7) is 4.03. The summed E-state index contributed by atoms with van der Waals surface area (Å²) in [5.41, 5.74) is 0.976. The molecule has 3 rings (SSSR count). The molecule has 0 aliphatic rings. The summed E-state index contributed by atoms with van der Waals surface area (Å²) in [5, 5.41) is 2.13. The first-order valence-electron chi connectivity index (χ1n) is 6.46. The van der Waals surface area contributed by atoms with Gasteiger partial charge in [0.25, 0.3) is 0 Å². The SMILES string of the molecule is C=C(Oc1ccc(Br)c2c(Br)cccc12)c1ccccc1. The minimum atomic E-state index is 0.638. The van der Waals surface area contributed by atoms with Crippen molar-refractivity contribution in [2.75, 3.05) is 0 Å². The van der Waals surface area contributed by atoms with Crippen molar-refractivity contribution < 1.29 is 4.74 Å². The van der Waals surface area contributed by atoms with Crippen LogP contribution >= 0.6 is 31.9 Å². The molecule has 0 atom stereocenters. The highest BCUT2D eigenvalue weighted by Gasteiger charge is 2.10. The molecule has 0 spiro atoms. The van der Waals surface area contributed by atoms with E-state index in [0.29, 0.717) is 5.76 Å². The predicted octanol–water partition coefficient (Wildman–Crippen LogP) is 6.41. The van der Waals surface area contributed by atoms with Crippen molar-refractivity contribution in [3.63, 3.8) is 0 Å². The predicted molar refractivity (Wildman–Crippen MR) is 95.5 cm³/mol. The fraction of sp³-hybridized carbons (Fsp3) is 0. The van der Waals surface area contributed by atoms with Gasteiger partial charge < -0.3 is 4.74 Å². The van der Waals surface area contributed by atoms with Gasteiger partial charge >= 0.3 is 0 Å². The molecule has 0 saturated heterocycles.